The van der Waals surface area contributed by atoms with Gasteiger partial charge in [0.05, 0.1) is 11.4 Å². The molecule has 0 atom stereocenters. The molecule has 3 aromatic rings. The van der Waals surface area contributed by atoms with Crippen molar-refractivity contribution in [1.29, 1.82) is 0 Å². The van der Waals surface area contributed by atoms with Crippen molar-refractivity contribution < 1.29 is 4.79 Å². The summed E-state index contributed by atoms with van der Waals surface area (Å²) in [5, 5.41) is 11.3. The number of fused-ring (bicyclic) bond motifs is 1. The molecule has 0 unspecified atom stereocenters. The van der Waals surface area contributed by atoms with Gasteiger partial charge in [0.1, 0.15) is 0 Å². The zero-order chi connectivity index (χ0) is 19.0. The van der Waals surface area contributed by atoms with Gasteiger partial charge in [-0.25, -0.2) is 4.68 Å². The van der Waals surface area contributed by atoms with Crippen molar-refractivity contribution in [3.05, 3.63) is 65.0 Å². The highest BCUT2D eigenvalue weighted by molar-refractivity contribution is 6.03. The van der Waals surface area contributed by atoms with E-state index >= 15 is 0 Å². The Labute approximate surface area is 158 Å². The number of aryl methyl sites for hydroxylation is 1. The van der Waals surface area contributed by atoms with E-state index in [-0.39, 0.29) is 5.91 Å². The van der Waals surface area contributed by atoms with Crippen LogP contribution in [-0.2, 0) is 6.42 Å². The molecule has 0 radical (unpaired) electrons. The number of amides is 1. The summed E-state index contributed by atoms with van der Waals surface area (Å²) >= 11 is 0. The van der Waals surface area contributed by atoms with Crippen LogP contribution in [-0.4, -0.2) is 34.0 Å². The van der Waals surface area contributed by atoms with E-state index in [0.29, 0.717) is 5.69 Å². The third-order valence-electron chi connectivity index (χ3n) is 5.07. The SMILES string of the molecule is CCN1CCc2ccc(NC(=O)c3nnn(-c4cccc(C)c4)c3C)cc21. The Kier molecular flexibility index (Phi) is 4.39. The van der Waals surface area contributed by atoms with E-state index in [0.717, 1.165) is 42.1 Å². The second-order valence-corrected chi connectivity index (χ2v) is 6.90. The van der Waals surface area contributed by atoms with Gasteiger partial charge in [0.25, 0.3) is 5.91 Å². The van der Waals surface area contributed by atoms with Crippen LogP contribution in [0.1, 0.15) is 34.2 Å². The van der Waals surface area contributed by atoms with Crippen LogP contribution in [0.2, 0.25) is 0 Å². The Balaban J connectivity index is 1.58. The van der Waals surface area contributed by atoms with Gasteiger partial charge < -0.3 is 10.2 Å². The predicted molar refractivity (Wildman–Crippen MR) is 107 cm³/mol. The first-order valence-electron chi connectivity index (χ1n) is 9.25. The summed E-state index contributed by atoms with van der Waals surface area (Å²) in [6, 6.07) is 14.1. The molecule has 1 amide bonds. The van der Waals surface area contributed by atoms with Crippen molar-refractivity contribution in [3.63, 3.8) is 0 Å². The van der Waals surface area contributed by atoms with E-state index in [4.69, 9.17) is 0 Å². The van der Waals surface area contributed by atoms with Crippen molar-refractivity contribution >= 4 is 17.3 Å². The summed E-state index contributed by atoms with van der Waals surface area (Å²) in [4.78, 5) is 15.1. The van der Waals surface area contributed by atoms with E-state index in [1.165, 1.54) is 11.3 Å². The van der Waals surface area contributed by atoms with Gasteiger partial charge in [0.15, 0.2) is 5.69 Å². The van der Waals surface area contributed by atoms with Gasteiger partial charge in [0, 0.05) is 24.5 Å². The lowest BCUT2D eigenvalue weighted by atomic mass is 10.1. The van der Waals surface area contributed by atoms with Crippen molar-refractivity contribution in [3.8, 4) is 5.69 Å². The Morgan fingerprint density at radius 1 is 1.19 bits per heavy atom. The van der Waals surface area contributed by atoms with Crippen molar-refractivity contribution in [2.45, 2.75) is 27.2 Å². The molecule has 0 fully saturated rings. The van der Waals surface area contributed by atoms with Crippen LogP contribution < -0.4 is 10.2 Å². The molecular weight excluding hydrogens is 338 g/mol. The van der Waals surface area contributed by atoms with E-state index in [2.05, 4.69) is 33.5 Å². The summed E-state index contributed by atoms with van der Waals surface area (Å²) in [6.45, 7) is 8.03. The van der Waals surface area contributed by atoms with Crippen LogP contribution in [0.15, 0.2) is 42.5 Å². The molecule has 27 heavy (non-hydrogen) atoms. The summed E-state index contributed by atoms with van der Waals surface area (Å²) in [5.74, 6) is -0.243. The van der Waals surface area contributed by atoms with Gasteiger partial charge in [0.2, 0.25) is 0 Å². The Morgan fingerprint density at radius 2 is 2.04 bits per heavy atom. The molecule has 1 aromatic heterocycles. The monoisotopic (exact) mass is 361 g/mol. The molecule has 0 saturated carbocycles. The quantitative estimate of drug-likeness (QED) is 0.772. The molecule has 1 aliphatic heterocycles. The van der Waals surface area contributed by atoms with Gasteiger partial charge in [-0.15, -0.1) is 5.10 Å². The second kappa shape index (κ2) is 6.87. The van der Waals surface area contributed by atoms with Crippen molar-refractivity contribution in [1.82, 2.24) is 15.0 Å². The maximum absolute atomic E-state index is 12.8. The number of nitrogens with one attached hydrogen (secondary N) is 1. The largest absolute Gasteiger partial charge is 0.371 e. The van der Waals surface area contributed by atoms with Gasteiger partial charge in [-0.05, 0) is 62.6 Å². The lowest BCUT2D eigenvalue weighted by Crippen LogP contribution is -2.19. The Bertz CT molecular complexity index is 1010. The smallest absolute Gasteiger partial charge is 0.278 e. The van der Waals surface area contributed by atoms with E-state index in [1.54, 1.807) is 4.68 Å². The van der Waals surface area contributed by atoms with E-state index in [9.17, 15) is 4.79 Å². The number of hydrogen-bond acceptors (Lipinski definition) is 4. The van der Waals surface area contributed by atoms with Crippen LogP contribution in [0, 0.1) is 13.8 Å². The molecule has 6 heteroatoms. The lowest BCUT2D eigenvalue weighted by Gasteiger charge is -2.17. The van der Waals surface area contributed by atoms with E-state index in [1.807, 2.05) is 50.2 Å². The fourth-order valence-electron chi connectivity index (χ4n) is 3.59. The molecule has 138 valence electrons. The first kappa shape index (κ1) is 17.3. The van der Waals surface area contributed by atoms with Crippen molar-refractivity contribution in [2.24, 2.45) is 0 Å². The third-order valence-corrected chi connectivity index (χ3v) is 5.07. The Hall–Kier alpha value is -3.15. The Morgan fingerprint density at radius 3 is 2.81 bits per heavy atom. The van der Waals surface area contributed by atoms with Crippen molar-refractivity contribution in [2.75, 3.05) is 23.3 Å². The lowest BCUT2D eigenvalue weighted by molar-refractivity contribution is 0.102. The molecule has 0 aliphatic carbocycles. The minimum atomic E-state index is -0.243. The van der Waals surface area contributed by atoms with Gasteiger partial charge >= 0.3 is 0 Å². The summed E-state index contributed by atoms with van der Waals surface area (Å²) in [5.41, 5.74) is 6.40. The number of anilines is 2. The zero-order valence-corrected chi connectivity index (χ0v) is 15.9. The topological polar surface area (TPSA) is 63.1 Å². The summed E-state index contributed by atoms with van der Waals surface area (Å²) in [6.07, 6.45) is 1.06. The molecule has 4 rings (SSSR count). The summed E-state index contributed by atoms with van der Waals surface area (Å²) < 4.78 is 1.70. The zero-order valence-electron chi connectivity index (χ0n) is 15.9. The molecule has 0 saturated heterocycles. The van der Waals surface area contributed by atoms with Gasteiger partial charge in [-0.3, -0.25) is 4.79 Å². The first-order chi connectivity index (χ1) is 13.1. The highest BCUT2D eigenvalue weighted by Gasteiger charge is 2.20. The maximum atomic E-state index is 12.8. The predicted octanol–water partition coefficient (Wildman–Crippen LogP) is 3.52. The van der Waals surface area contributed by atoms with Crippen LogP contribution in [0.3, 0.4) is 0 Å². The molecule has 2 aromatic carbocycles. The number of carbonyl (C=O) groups is 1. The maximum Gasteiger partial charge on any atom is 0.278 e. The number of rotatable bonds is 4. The molecular formula is C21H23N5O. The molecule has 6 nitrogen and oxygen atoms in total. The third kappa shape index (κ3) is 3.18. The normalized spacial score (nSPS) is 12.9. The van der Waals surface area contributed by atoms with Crippen LogP contribution >= 0.6 is 0 Å². The molecule has 1 N–H and O–H groups in total. The molecule has 0 bridgehead atoms. The number of hydrogen-bond donors (Lipinski definition) is 1. The van der Waals surface area contributed by atoms with Gasteiger partial charge in [-0.1, -0.05) is 23.4 Å². The molecule has 2 heterocycles. The highest BCUT2D eigenvalue weighted by atomic mass is 16.2. The minimum Gasteiger partial charge on any atom is -0.371 e. The second-order valence-electron chi connectivity index (χ2n) is 6.90. The van der Waals surface area contributed by atoms with Crippen LogP contribution in [0.25, 0.3) is 5.69 Å². The number of nitrogens with zero attached hydrogens (tertiary/aromatic N) is 4. The fourth-order valence-corrected chi connectivity index (χ4v) is 3.59. The van der Waals surface area contributed by atoms with Crippen LogP contribution in [0.5, 0.6) is 0 Å². The summed E-state index contributed by atoms with van der Waals surface area (Å²) in [7, 11) is 0. The molecule has 1 aliphatic rings. The fraction of sp³-hybridized carbons (Fsp3) is 0.286. The van der Waals surface area contributed by atoms with E-state index < -0.39 is 0 Å². The first-order valence-corrected chi connectivity index (χ1v) is 9.25. The average molecular weight is 361 g/mol. The number of likely N-dealkylation sites (N-methyl/N-ethyl adjacent to an activating group) is 1. The standard InChI is InChI=1S/C21H23N5O/c1-4-25-11-10-16-8-9-17(13-19(16)25)22-21(27)20-15(3)26(24-23-20)18-7-5-6-14(2)12-18/h5-9,12-13H,4,10-11H2,1-3H3,(H,22,27). The average Bonchev–Trinajstić information content (AvgIpc) is 3.24. The van der Waals surface area contributed by atoms with Gasteiger partial charge in [-0.2, -0.15) is 0 Å². The number of carbonyl (C=O) groups excluding carboxylic acids is 1. The molecule has 0 spiro atoms. The van der Waals surface area contributed by atoms with Crippen LogP contribution in [0.4, 0.5) is 11.4 Å². The highest BCUT2D eigenvalue weighted by Crippen LogP contribution is 2.30. The number of aromatic nitrogens is 3. The minimum absolute atomic E-state index is 0.243. The number of benzene rings is 2.